The van der Waals surface area contributed by atoms with Crippen molar-refractivity contribution in [3.8, 4) is 0 Å². The number of rotatable bonds is 18. The molecule has 1 aromatic carbocycles. The number of sulfone groups is 1. The second kappa shape index (κ2) is 15.3. The molecule has 0 bridgehead atoms. The van der Waals surface area contributed by atoms with Gasteiger partial charge in [-0.05, 0) is 57.5 Å². The first-order valence-electron chi connectivity index (χ1n) is 11.8. The molecule has 1 aromatic heterocycles. The van der Waals surface area contributed by atoms with E-state index in [1.54, 1.807) is 6.07 Å². The predicted molar refractivity (Wildman–Crippen MR) is 134 cm³/mol. The fourth-order valence-corrected chi connectivity index (χ4v) is 6.42. The first-order valence-corrected chi connectivity index (χ1v) is 14.3. The quantitative estimate of drug-likeness (QED) is 0.232. The number of nitrogens with two attached hydrogens (primary N) is 1. The molecule has 2 aromatic rings. The van der Waals surface area contributed by atoms with Crippen molar-refractivity contribution >= 4 is 27.0 Å². The molecule has 7 heteroatoms. The van der Waals surface area contributed by atoms with E-state index in [-0.39, 0.29) is 11.5 Å². The summed E-state index contributed by atoms with van der Waals surface area (Å²) in [6.45, 7) is 2.80. The maximum absolute atomic E-state index is 12.6. The van der Waals surface area contributed by atoms with Gasteiger partial charge in [-0.25, -0.2) is 8.42 Å². The van der Waals surface area contributed by atoms with Gasteiger partial charge >= 0.3 is 0 Å². The summed E-state index contributed by atoms with van der Waals surface area (Å²) in [4.78, 5) is 13.2. The van der Waals surface area contributed by atoms with Crippen molar-refractivity contribution in [3.63, 3.8) is 0 Å². The molecule has 0 unspecified atom stereocenters. The summed E-state index contributed by atoms with van der Waals surface area (Å²) in [6.07, 6.45) is 9.56. The SMILES string of the molecule is NCCCNCCCCCCCCCS(=O)(=O)c1ccc(CCC(=O)c2ccccc2)s1. The zero-order valence-electron chi connectivity index (χ0n) is 19.1. The number of unbranched alkanes of at least 4 members (excludes halogenated alkanes) is 6. The maximum atomic E-state index is 12.6. The van der Waals surface area contributed by atoms with E-state index in [2.05, 4.69) is 5.32 Å². The molecular formula is C25H38N2O3S2. The molecule has 0 aliphatic heterocycles. The van der Waals surface area contributed by atoms with E-state index >= 15 is 0 Å². The Morgan fingerprint density at radius 1 is 0.844 bits per heavy atom. The molecule has 0 saturated carbocycles. The summed E-state index contributed by atoms with van der Waals surface area (Å²) in [5.41, 5.74) is 6.17. The van der Waals surface area contributed by atoms with Crippen LogP contribution in [0.2, 0.25) is 0 Å². The second-order valence-corrected chi connectivity index (χ2v) is 11.7. The lowest BCUT2D eigenvalue weighted by molar-refractivity contribution is 0.0983. The average Bonchev–Trinajstić information content (AvgIpc) is 3.29. The van der Waals surface area contributed by atoms with Crippen LogP contribution in [-0.4, -0.2) is 39.6 Å². The minimum atomic E-state index is -3.23. The first-order chi connectivity index (χ1) is 15.5. The molecule has 0 aliphatic rings. The van der Waals surface area contributed by atoms with Crippen LogP contribution in [0.4, 0.5) is 0 Å². The van der Waals surface area contributed by atoms with Crippen molar-refractivity contribution < 1.29 is 13.2 Å². The Bertz CT molecular complexity index is 880. The molecule has 0 atom stereocenters. The van der Waals surface area contributed by atoms with Gasteiger partial charge in [0.05, 0.1) is 5.75 Å². The number of carbonyl (C=O) groups excluding carboxylic acids is 1. The third-order valence-electron chi connectivity index (χ3n) is 5.46. The molecule has 0 aliphatic carbocycles. The van der Waals surface area contributed by atoms with Crippen LogP contribution in [0, 0.1) is 0 Å². The van der Waals surface area contributed by atoms with Gasteiger partial charge in [0.15, 0.2) is 15.6 Å². The smallest absolute Gasteiger partial charge is 0.187 e. The summed E-state index contributed by atoms with van der Waals surface area (Å²) in [5.74, 6) is 0.298. The third-order valence-corrected chi connectivity index (χ3v) is 8.99. The number of carbonyl (C=O) groups is 1. The van der Waals surface area contributed by atoms with E-state index in [1.807, 2.05) is 36.4 Å². The van der Waals surface area contributed by atoms with Crippen LogP contribution >= 0.6 is 11.3 Å². The number of benzene rings is 1. The van der Waals surface area contributed by atoms with Gasteiger partial charge in [-0.3, -0.25) is 4.79 Å². The molecule has 0 saturated heterocycles. The molecule has 32 heavy (non-hydrogen) atoms. The Morgan fingerprint density at radius 2 is 1.50 bits per heavy atom. The van der Waals surface area contributed by atoms with Crippen molar-refractivity contribution in [1.82, 2.24) is 5.32 Å². The fraction of sp³-hybridized carbons (Fsp3) is 0.560. The normalized spacial score (nSPS) is 11.7. The van der Waals surface area contributed by atoms with Crippen molar-refractivity contribution in [1.29, 1.82) is 0 Å². The van der Waals surface area contributed by atoms with Gasteiger partial charge in [-0.2, -0.15) is 0 Å². The van der Waals surface area contributed by atoms with Crippen molar-refractivity contribution in [2.24, 2.45) is 5.73 Å². The van der Waals surface area contributed by atoms with Crippen molar-refractivity contribution in [2.75, 3.05) is 25.4 Å². The van der Waals surface area contributed by atoms with Gasteiger partial charge in [-0.1, -0.05) is 62.4 Å². The van der Waals surface area contributed by atoms with Gasteiger partial charge in [0.2, 0.25) is 0 Å². The molecular weight excluding hydrogens is 440 g/mol. The summed E-state index contributed by atoms with van der Waals surface area (Å²) < 4.78 is 25.7. The van der Waals surface area contributed by atoms with Crippen LogP contribution in [0.1, 0.15) is 73.0 Å². The molecule has 0 spiro atoms. The highest BCUT2D eigenvalue weighted by Crippen LogP contribution is 2.25. The zero-order valence-corrected chi connectivity index (χ0v) is 20.7. The van der Waals surface area contributed by atoms with Crippen LogP contribution in [0.3, 0.4) is 0 Å². The van der Waals surface area contributed by atoms with Crippen molar-refractivity contribution in [2.45, 2.75) is 68.4 Å². The largest absolute Gasteiger partial charge is 0.330 e. The van der Waals surface area contributed by atoms with E-state index in [4.69, 9.17) is 5.73 Å². The van der Waals surface area contributed by atoms with E-state index in [0.717, 1.165) is 43.8 Å². The number of thiophene rings is 1. The Balaban J connectivity index is 1.58. The summed E-state index contributed by atoms with van der Waals surface area (Å²) in [7, 11) is -3.23. The Labute approximate surface area is 197 Å². The number of Topliss-reactive ketones (excluding diaryl/α,β-unsaturated/α-hetero) is 1. The van der Waals surface area contributed by atoms with Crippen LogP contribution in [0.15, 0.2) is 46.7 Å². The van der Waals surface area contributed by atoms with Crippen LogP contribution < -0.4 is 11.1 Å². The molecule has 0 radical (unpaired) electrons. The van der Waals surface area contributed by atoms with Crippen LogP contribution in [-0.2, 0) is 16.3 Å². The maximum Gasteiger partial charge on any atom is 0.187 e. The fourth-order valence-electron chi connectivity index (χ4n) is 3.54. The van der Waals surface area contributed by atoms with Gasteiger partial charge in [-0.15, -0.1) is 11.3 Å². The van der Waals surface area contributed by atoms with Gasteiger partial charge in [0.25, 0.3) is 0 Å². The van der Waals surface area contributed by atoms with Gasteiger partial charge < -0.3 is 11.1 Å². The summed E-state index contributed by atoms with van der Waals surface area (Å²) in [5, 5.41) is 3.39. The van der Waals surface area contributed by atoms with E-state index in [1.165, 1.54) is 37.0 Å². The van der Waals surface area contributed by atoms with E-state index < -0.39 is 9.84 Å². The molecule has 3 N–H and O–H groups in total. The zero-order chi connectivity index (χ0) is 23.1. The molecule has 2 rings (SSSR count). The Morgan fingerprint density at radius 3 is 2.22 bits per heavy atom. The third kappa shape index (κ3) is 10.4. The summed E-state index contributed by atoms with van der Waals surface area (Å²) >= 11 is 1.31. The standard InChI is InChI=1S/C25H38N2O3S2/c26-18-11-20-27-19-9-4-2-1-3-5-10-21-32(29,30)25-17-15-23(31-25)14-16-24(28)22-12-7-6-8-13-22/h6-8,12-13,15,17,27H,1-5,9-11,14,16,18-21,26H2. The molecule has 0 amide bonds. The van der Waals surface area contributed by atoms with Crippen molar-refractivity contribution in [3.05, 3.63) is 52.9 Å². The lowest BCUT2D eigenvalue weighted by Gasteiger charge is -2.04. The topological polar surface area (TPSA) is 89.3 Å². The number of hydrogen-bond donors (Lipinski definition) is 2. The molecule has 178 valence electrons. The highest BCUT2D eigenvalue weighted by molar-refractivity contribution is 7.93. The lowest BCUT2D eigenvalue weighted by Crippen LogP contribution is -2.19. The highest BCUT2D eigenvalue weighted by Gasteiger charge is 2.17. The number of ketones is 1. The number of aryl methyl sites for hydroxylation is 1. The Kier molecular flexibility index (Phi) is 12.8. The Hall–Kier alpha value is -1.54. The predicted octanol–water partition coefficient (Wildman–Crippen LogP) is 5.01. The molecule has 1 heterocycles. The minimum absolute atomic E-state index is 0.0891. The molecule has 5 nitrogen and oxygen atoms in total. The summed E-state index contributed by atoms with van der Waals surface area (Å²) in [6, 6.07) is 12.8. The number of hydrogen-bond acceptors (Lipinski definition) is 6. The lowest BCUT2D eigenvalue weighted by atomic mass is 10.1. The van der Waals surface area contributed by atoms with Gasteiger partial charge in [0, 0.05) is 16.9 Å². The van der Waals surface area contributed by atoms with E-state index in [0.29, 0.717) is 29.0 Å². The highest BCUT2D eigenvalue weighted by atomic mass is 32.2. The molecule has 0 fully saturated rings. The van der Waals surface area contributed by atoms with E-state index in [9.17, 15) is 13.2 Å². The number of nitrogens with one attached hydrogen (secondary N) is 1. The average molecular weight is 479 g/mol. The first kappa shape index (κ1) is 26.7. The van der Waals surface area contributed by atoms with Crippen LogP contribution in [0.5, 0.6) is 0 Å². The monoisotopic (exact) mass is 478 g/mol. The second-order valence-electron chi connectivity index (χ2n) is 8.20. The van der Waals surface area contributed by atoms with Crippen LogP contribution in [0.25, 0.3) is 0 Å². The van der Waals surface area contributed by atoms with Gasteiger partial charge in [0.1, 0.15) is 4.21 Å². The minimum Gasteiger partial charge on any atom is -0.330 e.